The van der Waals surface area contributed by atoms with Gasteiger partial charge in [-0.3, -0.25) is 0 Å². The number of halogens is 3. The largest absolute Gasteiger partial charge is 0.462 e. The van der Waals surface area contributed by atoms with Crippen LogP contribution in [0, 0.1) is 6.92 Å². The fourth-order valence-corrected chi connectivity index (χ4v) is 3.03. The van der Waals surface area contributed by atoms with Crippen molar-refractivity contribution in [2.45, 2.75) is 13.8 Å². The number of hydrogen-bond donors (Lipinski definition) is 1. The van der Waals surface area contributed by atoms with E-state index in [0.29, 0.717) is 43.6 Å². The number of carbonyl (C=O) groups excluding carboxylic acids is 1. The Balaban J connectivity index is 2.37. The topological polar surface area (TPSA) is 51.2 Å². The second-order valence-corrected chi connectivity index (χ2v) is 6.06. The first kappa shape index (κ1) is 16.4. The van der Waals surface area contributed by atoms with Gasteiger partial charge < -0.3 is 10.1 Å². The van der Waals surface area contributed by atoms with Crippen LogP contribution in [0.1, 0.15) is 23.0 Å². The maximum atomic E-state index is 12.0. The van der Waals surface area contributed by atoms with Gasteiger partial charge in [0.1, 0.15) is 10.6 Å². The summed E-state index contributed by atoms with van der Waals surface area (Å²) in [4.78, 5) is 12.0. The molecule has 0 amide bonds. The van der Waals surface area contributed by atoms with E-state index < -0.39 is 5.97 Å². The average Bonchev–Trinajstić information content (AvgIpc) is 2.77. The lowest BCUT2D eigenvalue weighted by molar-refractivity contribution is 0.0527. The van der Waals surface area contributed by atoms with Crippen LogP contribution in [0.5, 0.6) is 0 Å². The molecule has 0 aliphatic rings. The summed E-state index contributed by atoms with van der Waals surface area (Å²) in [6, 6.07) is 3.13. The molecule has 0 unspecified atom stereocenters. The normalized spacial score (nSPS) is 10.5. The standard InChI is InChI=1S/C13H11Cl3N2O2S/c1-3-20-13(19)11-6(2)18-21-12(11)17-10-5-8(15)7(14)4-9(10)16/h4-5,17H,3H2,1-2H3. The van der Waals surface area contributed by atoms with Crippen molar-refractivity contribution in [2.24, 2.45) is 0 Å². The third-order valence-electron chi connectivity index (χ3n) is 2.60. The first-order valence-electron chi connectivity index (χ1n) is 5.99. The molecular weight excluding hydrogens is 355 g/mol. The summed E-state index contributed by atoms with van der Waals surface area (Å²) in [5.74, 6) is -0.428. The highest BCUT2D eigenvalue weighted by Gasteiger charge is 2.20. The number of esters is 1. The molecule has 0 saturated heterocycles. The second-order valence-electron chi connectivity index (χ2n) is 4.06. The second kappa shape index (κ2) is 6.83. The van der Waals surface area contributed by atoms with Crippen molar-refractivity contribution < 1.29 is 9.53 Å². The molecule has 0 radical (unpaired) electrons. The summed E-state index contributed by atoms with van der Waals surface area (Å²) in [5, 5.41) is 4.71. The van der Waals surface area contributed by atoms with Gasteiger partial charge in [-0.05, 0) is 37.5 Å². The van der Waals surface area contributed by atoms with Gasteiger partial charge in [-0.1, -0.05) is 34.8 Å². The lowest BCUT2D eigenvalue weighted by atomic mass is 10.2. The smallest absolute Gasteiger partial charge is 0.343 e. The maximum Gasteiger partial charge on any atom is 0.343 e. The van der Waals surface area contributed by atoms with Crippen LogP contribution < -0.4 is 5.32 Å². The Kier molecular flexibility index (Phi) is 5.32. The molecule has 1 N–H and O–H groups in total. The fraction of sp³-hybridized carbons (Fsp3) is 0.231. The van der Waals surface area contributed by atoms with Crippen LogP contribution in [0.4, 0.5) is 10.7 Å². The summed E-state index contributed by atoms with van der Waals surface area (Å²) < 4.78 is 9.19. The zero-order chi connectivity index (χ0) is 15.6. The van der Waals surface area contributed by atoms with Crippen LogP contribution in [-0.2, 0) is 4.74 Å². The van der Waals surface area contributed by atoms with Crippen LogP contribution in [0.2, 0.25) is 15.1 Å². The molecule has 0 spiro atoms. The Hall–Kier alpha value is -1.01. The minimum Gasteiger partial charge on any atom is -0.462 e. The number of ether oxygens (including phenoxy) is 1. The van der Waals surface area contributed by atoms with Crippen molar-refractivity contribution in [3.05, 3.63) is 38.5 Å². The molecule has 0 aliphatic heterocycles. The molecular formula is C13H11Cl3N2O2S. The Morgan fingerprint density at radius 2 is 1.95 bits per heavy atom. The van der Waals surface area contributed by atoms with E-state index in [1.54, 1.807) is 19.9 Å². The molecule has 0 atom stereocenters. The first-order chi connectivity index (χ1) is 9.93. The summed E-state index contributed by atoms with van der Waals surface area (Å²) in [5.41, 5.74) is 1.53. The van der Waals surface area contributed by atoms with Crippen molar-refractivity contribution in [3.63, 3.8) is 0 Å². The van der Waals surface area contributed by atoms with E-state index in [9.17, 15) is 4.79 Å². The van der Waals surface area contributed by atoms with Crippen molar-refractivity contribution in [2.75, 3.05) is 11.9 Å². The van der Waals surface area contributed by atoms with E-state index >= 15 is 0 Å². The number of hydrogen-bond acceptors (Lipinski definition) is 5. The molecule has 0 bridgehead atoms. The summed E-state index contributed by atoms with van der Waals surface area (Å²) in [6.45, 7) is 3.78. The number of nitrogens with one attached hydrogen (secondary N) is 1. The molecule has 112 valence electrons. The number of benzene rings is 1. The van der Waals surface area contributed by atoms with E-state index in [4.69, 9.17) is 39.5 Å². The zero-order valence-corrected chi connectivity index (χ0v) is 14.3. The summed E-state index contributed by atoms with van der Waals surface area (Å²) in [7, 11) is 0. The van der Waals surface area contributed by atoms with E-state index in [1.165, 1.54) is 6.07 Å². The molecule has 0 saturated carbocycles. The highest BCUT2D eigenvalue weighted by Crippen LogP contribution is 2.36. The quantitative estimate of drug-likeness (QED) is 0.587. The number of aryl methyl sites for hydroxylation is 1. The van der Waals surface area contributed by atoms with E-state index in [-0.39, 0.29) is 0 Å². The van der Waals surface area contributed by atoms with Gasteiger partial charge in [0.2, 0.25) is 0 Å². The van der Waals surface area contributed by atoms with Gasteiger partial charge in [-0.15, -0.1) is 0 Å². The summed E-state index contributed by atoms with van der Waals surface area (Å²) >= 11 is 19.1. The molecule has 1 aromatic carbocycles. The van der Waals surface area contributed by atoms with E-state index in [1.807, 2.05) is 0 Å². The summed E-state index contributed by atoms with van der Waals surface area (Å²) in [6.07, 6.45) is 0. The van der Waals surface area contributed by atoms with Crippen LogP contribution in [-0.4, -0.2) is 16.9 Å². The number of rotatable bonds is 4. The van der Waals surface area contributed by atoms with E-state index in [2.05, 4.69) is 9.69 Å². The van der Waals surface area contributed by atoms with Gasteiger partial charge >= 0.3 is 5.97 Å². The SMILES string of the molecule is CCOC(=O)c1c(C)nsc1Nc1cc(Cl)c(Cl)cc1Cl. The fourth-order valence-electron chi connectivity index (χ4n) is 1.64. The lowest BCUT2D eigenvalue weighted by Crippen LogP contribution is -2.07. The number of carbonyl (C=O) groups is 1. The van der Waals surface area contributed by atoms with Crippen LogP contribution >= 0.6 is 46.3 Å². The number of nitrogens with zero attached hydrogens (tertiary/aromatic N) is 1. The maximum absolute atomic E-state index is 12.0. The predicted molar refractivity (Wildman–Crippen MR) is 87.6 cm³/mol. The third kappa shape index (κ3) is 3.61. The third-order valence-corrected chi connectivity index (χ3v) is 4.49. The van der Waals surface area contributed by atoms with Crippen LogP contribution in [0.3, 0.4) is 0 Å². The van der Waals surface area contributed by atoms with Gasteiger partial charge in [0.15, 0.2) is 0 Å². The van der Waals surface area contributed by atoms with Crippen LogP contribution in [0.15, 0.2) is 12.1 Å². The Morgan fingerprint density at radius 3 is 2.62 bits per heavy atom. The highest BCUT2D eigenvalue weighted by atomic mass is 35.5. The average molecular weight is 366 g/mol. The van der Waals surface area contributed by atoms with Crippen molar-refractivity contribution >= 4 is 63.0 Å². The van der Waals surface area contributed by atoms with Crippen molar-refractivity contribution in [1.29, 1.82) is 0 Å². The number of aromatic nitrogens is 1. The predicted octanol–water partition coefficient (Wildman–Crippen LogP) is 5.33. The van der Waals surface area contributed by atoms with Gasteiger partial charge in [0.25, 0.3) is 0 Å². The Morgan fingerprint density at radius 1 is 1.29 bits per heavy atom. The minimum absolute atomic E-state index is 0.293. The molecule has 21 heavy (non-hydrogen) atoms. The van der Waals surface area contributed by atoms with Gasteiger partial charge in [-0.2, -0.15) is 4.37 Å². The zero-order valence-electron chi connectivity index (χ0n) is 11.2. The molecule has 2 aromatic rings. The van der Waals surface area contributed by atoms with Gasteiger partial charge in [-0.25, -0.2) is 4.79 Å². The highest BCUT2D eigenvalue weighted by molar-refractivity contribution is 7.10. The number of anilines is 2. The van der Waals surface area contributed by atoms with Gasteiger partial charge in [0, 0.05) is 0 Å². The Bertz CT molecular complexity index is 688. The molecule has 0 fully saturated rings. The van der Waals surface area contributed by atoms with Crippen molar-refractivity contribution in [3.8, 4) is 0 Å². The molecule has 1 aromatic heterocycles. The molecule has 0 aliphatic carbocycles. The van der Waals surface area contributed by atoms with Gasteiger partial charge in [0.05, 0.1) is 33.1 Å². The minimum atomic E-state index is -0.428. The van der Waals surface area contributed by atoms with E-state index in [0.717, 1.165) is 11.5 Å². The van der Waals surface area contributed by atoms with Crippen LogP contribution in [0.25, 0.3) is 0 Å². The Labute approximate surface area is 141 Å². The molecule has 1 heterocycles. The first-order valence-corrected chi connectivity index (χ1v) is 7.89. The lowest BCUT2D eigenvalue weighted by Gasteiger charge is -2.09. The molecule has 8 heteroatoms. The van der Waals surface area contributed by atoms with Crippen molar-refractivity contribution in [1.82, 2.24) is 4.37 Å². The monoisotopic (exact) mass is 364 g/mol. The molecule has 2 rings (SSSR count). The molecule has 4 nitrogen and oxygen atoms in total.